The summed E-state index contributed by atoms with van der Waals surface area (Å²) in [6.45, 7) is 0. The first-order valence-corrected chi connectivity index (χ1v) is 7.10. The highest BCUT2D eigenvalue weighted by atomic mass is 35.5. The van der Waals surface area contributed by atoms with Crippen molar-refractivity contribution in [3.63, 3.8) is 0 Å². The van der Waals surface area contributed by atoms with E-state index >= 15 is 0 Å². The van der Waals surface area contributed by atoms with Gasteiger partial charge in [0.25, 0.3) is 5.91 Å². The van der Waals surface area contributed by atoms with Gasteiger partial charge in [0.05, 0.1) is 15.6 Å². The van der Waals surface area contributed by atoms with Gasteiger partial charge in [-0.1, -0.05) is 23.2 Å². The van der Waals surface area contributed by atoms with Crippen molar-refractivity contribution in [3.05, 3.63) is 58.1 Å². The van der Waals surface area contributed by atoms with E-state index in [0.29, 0.717) is 27.4 Å². The highest BCUT2D eigenvalue weighted by Crippen LogP contribution is 2.27. The van der Waals surface area contributed by atoms with Crippen molar-refractivity contribution in [1.82, 2.24) is 9.97 Å². The lowest BCUT2D eigenvalue weighted by Crippen LogP contribution is -2.16. The van der Waals surface area contributed by atoms with Crippen LogP contribution in [0.5, 0.6) is 0 Å². The Hall–Kier alpha value is -2.44. The molecule has 0 unspecified atom stereocenters. The lowest BCUT2D eigenvalue weighted by atomic mass is 10.2. The van der Waals surface area contributed by atoms with E-state index in [1.54, 1.807) is 6.07 Å². The summed E-state index contributed by atoms with van der Waals surface area (Å²) >= 11 is 11.6. The van der Waals surface area contributed by atoms with Crippen LogP contribution in [0.3, 0.4) is 0 Å². The summed E-state index contributed by atoms with van der Waals surface area (Å²) in [7, 11) is 0. The number of nitrogens with zero attached hydrogens (tertiary/aromatic N) is 2. The zero-order valence-electron chi connectivity index (χ0n) is 11.4. The van der Waals surface area contributed by atoms with Crippen molar-refractivity contribution in [2.75, 3.05) is 5.32 Å². The molecule has 23 heavy (non-hydrogen) atoms. The molecule has 0 aliphatic heterocycles. The molecule has 1 radical (unpaired) electrons. The van der Waals surface area contributed by atoms with Gasteiger partial charge in [-0.25, -0.2) is 14.4 Å². The predicted molar refractivity (Wildman–Crippen MR) is 86.6 cm³/mol. The number of rotatable bonds is 3. The fourth-order valence-electron chi connectivity index (χ4n) is 1.96. The standard InChI is InChI=1S/C15H8Cl2FN4O/c16-7-1-3-9-12(5-7)21-15(13(19)23)22-14(9)20-8-2-4-11(18)10(17)6-8/h2-6H,(H2,19,23)(H,20,21,22). The van der Waals surface area contributed by atoms with Gasteiger partial charge >= 0.3 is 0 Å². The third-order valence-electron chi connectivity index (χ3n) is 3.00. The van der Waals surface area contributed by atoms with E-state index in [1.165, 1.54) is 24.3 Å². The summed E-state index contributed by atoms with van der Waals surface area (Å²) in [5.74, 6) is -1.19. The molecule has 0 spiro atoms. The molecule has 3 rings (SSSR count). The number of amides is 1. The van der Waals surface area contributed by atoms with Crippen LogP contribution in [0.15, 0.2) is 30.3 Å². The maximum Gasteiger partial charge on any atom is 0.286 e. The maximum atomic E-state index is 13.2. The summed E-state index contributed by atoms with van der Waals surface area (Å²) in [6, 6.07) is 10.0. The number of primary amides is 1. The molecule has 0 aliphatic rings. The monoisotopic (exact) mass is 349 g/mol. The molecule has 0 atom stereocenters. The van der Waals surface area contributed by atoms with Crippen LogP contribution in [0.1, 0.15) is 10.6 Å². The summed E-state index contributed by atoms with van der Waals surface area (Å²) in [6.07, 6.45) is 0. The maximum absolute atomic E-state index is 13.2. The molecule has 8 heteroatoms. The van der Waals surface area contributed by atoms with Gasteiger partial charge in [-0.3, -0.25) is 4.79 Å². The third-order valence-corrected chi connectivity index (χ3v) is 3.50. The zero-order valence-corrected chi connectivity index (χ0v) is 12.9. The molecule has 115 valence electrons. The van der Waals surface area contributed by atoms with E-state index in [4.69, 9.17) is 28.9 Å². The van der Waals surface area contributed by atoms with E-state index in [2.05, 4.69) is 21.4 Å². The van der Waals surface area contributed by atoms with E-state index in [1.807, 2.05) is 0 Å². The summed E-state index contributed by atoms with van der Waals surface area (Å²) in [4.78, 5) is 19.5. The fourth-order valence-corrected chi connectivity index (χ4v) is 2.30. The minimum Gasteiger partial charge on any atom is -0.363 e. The number of aromatic nitrogens is 2. The van der Waals surface area contributed by atoms with Gasteiger partial charge in [0.2, 0.25) is 5.82 Å². The van der Waals surface area contributed by atoms with Crippen LogP contribution >= 0.6 is 23.2 Å². The Bertz CT molecular complexity index is 933. The highest BCUT2D eigenvalue weighted by Gasteiger charge is 2.13. The number of carbonyl (C=O) groups excluding carboxylic acids is 1. The van der Waals surface area contributed by atoms with Crippen LogP contribution in [0.25, 0.3) is 10.9 Å². The normalized spacial score (nSPS) is 10.7. The van der Waals surface area contributed by atoms with Crippen LogP contribution in [0.4, 0.5) is 15.9 Å². The minimum atomic E-state index is -0.781. The van der Waals surface area contributed by atoms with Gasteiger partial charge in [0.15, 0.2) is 0 Å². The van der Waals surface area contributed by atoms with Crippen molar-refractivity contribution in [3.8, 4) is 0 Å². The molecule has 1 heterocycles. The van der Waals surface area contributed by atoms with Crippen molar-refractivity contribution in [1.29, 1.82) is 0 Å². The quantitative estimate of drug-likeness (QED) is 0.754. The Labute approximate surface area is 140 Å². The van der Waals surface area contributed by atoms with Crippen molar-refractivity contribution in [2.24, 2.45) is 5.73 Å². The molecule has 5 nitrogen and oxygen atoms in total. The van der Waals surface area contributed by atoms with Crippen LogP contribution in [0.2, 0.25) is 10.0 Å². The SMILES string of the molecule is NC(=O)c1nc(Nc2ccc(F)c(Cl)c2)c2c[c]c(Cl)cc2n1. The van der Waals surface area contributed by atoms with Gasteiger partial charge in [-0.15, -0.1) is 0 Å². The Morgan fingerprint density at radius 2 is 2.04 bits per heavy atom. The van der Waals surface area contributed by atoms with Gasteiger partial charge in [-0.05, 0) is 30.3 Å². The van der Waals surface area contributed by atoms with E-state index in [-0.39, 0.29) is 10.8 Å². The Kier molecular flexibility index (Phi) is 4.02. The average molecular weight is 350 g/mol. The Morgan fingerprint density at radius 3 is 2.74 bits per heavy atom. The number of fused-ring (bicyclic) bond motifs is 1. The molecule has 0 saturated carbocycles. The number of hydrogen-bond acceptors (Lipinski definition) is 4. The highest BCUT2D eigenvalue weighted by molar-refractivity contribution is 6.31. The van der Waals surface area contributed by atoms with Crippen molar-refractivity contribution in [2.45, 2.75) is 0 Å². The van der Waals surface area contributed by atoms with Gasteiger partial charge in [-0.2, -0.15) is 0 Å². The Balaban J connectivity index is 2.14. The molecule has 2 aromatic carbocycles. The van der Waals surface area contributed by atoms with Crippen molar-refractivity contribution >= 4 is 51.5 Å². The molecular formula is C15H8Cl2FN4O. The second-order valence-electron chi connectivity index (χ2n) is 4.59. The summed E-state index contributed by atoms with van der Waals surface area (Å²) in [5, 5.41) is 3.82. The molecule has 0 aliphatic carbocycles. The lowest BCUT2D eigenvalue weighted by Gasteiger charge is -2.10. The fraction of sp³-hybridized carbons (Fsp3) is 0. The smallest absolute Gasteiger partial charge is 0.286 e. The molecule has 0 fully saturated rings. The summed E-state index contributed by atoms with van der Waals surface area (Å²) in [5.41, 5.74) is 6.16. The average Bonchev–Trinajstić information content (AvgIpc) is 2.50. The second kappa shape index (κ2) is 5.98. The predicted octanol–water partition coefficient (Wildman–Crippen LogP) is 3.72. The number of nitrogens with two attached hydrogens (primary N) is 1. The lowest BCUT2D eigenvalue weighted by molar-refractivity contribution is 0.0991. The van der Waals surface area contributed by atoms with E-state index in [0.717, 1.165) is 0 Å². The number of anilines is 2. The minimum absolute atomic E-state index is 0.0434. The molecule has 0 saturated heterocycles. The van der Waals surface area contributed by atoms with Gasteiger partial charge in [0.1, 0.15) is 11.6 Å². The van der Waals surface area contributed by atoms with Crippen LogP contribution in [-0.2, 0) is 0 Å². The van der Waals surface area contributed by atoms with Crippen LogP contribution in [0, 0.1) is 11.9 Å². The number of carbonyl (C=O) groups is 1. The molecule has 3 N–H and O–H groups in total. The number of halogens is 3. The summed E-state index contributed by atoms with van der Waals surface area (Å²) < 4.78 is 13.2. The third kappa shape index (κ3) is 3.18. The molecule has 3 aromatic rings. The second-order valence-corrected chi connectivity index (χ2v) is 5.41. The molecule has 1 amide bonds. The van der Waals surface area contributed by atoms with Crippen LogP contribution in [-0.4, -0.2) is 15.9 Å². The first-order chi connectivity index (χ1) is 10.9. The zero-order chi connectivity index (χ0) is 16.6. The van der Waals surface area contributed by atoms with Crippen LogP contribution < -0.4 is 11.1 Å². The number of benzene rings is 2. The van der Waals surface area contributed by atoms with E-state index < -0.39 is 11.7 Å². The van der Waals surface area contributed by atoms with Gasteiger partial charge < -0.3 is 11.1 Å². The molecule has 0 bridgehead atoms. The molecular weight excluding hydrogens is 342 g/mol. The topological polar surface area (TPSA) is 80.9 Å². The Morgan fingerprint density at radius 1 is 1.26 bits per heavy atom. The van der Waals surface area contributed by atoms with E-state index in [9.17, 15) is 9.18 Å². The van der Waals surface area contributed by atoms with Gasteiger partial charge in [0, 0.05) is 17.1 Å². The number of hydrogen-bond donors (Lipinski definition) is 2. The first-order valence-electron chi connectivity index (χ1n) is 6.35. The van der Waals surface area contributed by atoms with Crippen molar-refractivity contribution < 1.29 is 9.18 Å². The first kappa shape index (κ1) is 15.5. The molecule has 1 aromatic heterocycles. The number of nitrogens with one attached hydrogen (secondary N) is 1. The largest absolute Gasteiger partial charge is 0.363 e.